The lowest BCUT2D eigenvalue weighted by Gasteiger charge is -2.24. The molecule has 1 nitrogen and oxygen atoms in total. The van der Waals surface area contributed by atoms with Crippen molar-refractivity contribution >= 4 is 0 Å². The van der Waals surface area contributed by atoms with Crippen LogP contribution in [0.4, 0.5) is 0 Å². The molecule has 0 aliphatic rings. The molecule has 19 heavy (non-hydrogen) atoms. The highest BCUT2D eigenvalue weighted by Crippen LogP contribution is 2.19. The van der Waals surface area contributed by atoms with Crippen LogP contribution in [-0.2, 0) is 0 Å². The number of unbranched alkanes of at least 4 members (excludes halogenated alkanes) is 1. The van der Waals surface area contributed by atoms with Crippen LogP contribution in [0.15, 0.2) is 18.2 Å². The molecular formula is C18H31N. The molecule has 2 unspecified atom stereocenters. The molecule has 0 aliphatic heterocycles. The summed E-state index contributed by atoms with van der Waals surface area (Å²) in [7, 11) is 0. The van der Waals surface area contributed by atoms with Crippen LogP contribution in [0.25, 0.3) is 0 Å². The smallest absolute Gasteiger partial charge is 0.0294 e. The normalized spacial score (nSPS) is 14.4. The Kier molecular flexibility index (Phi) is 7.15. The lowest BCUT2D eigenvalue weighted by atomic mass is 9.99. The monoisotopic (exact) mass is 261 g/mol. The highest BCUT2D eigenvalue weighted by atomic mass is 14.9. The van der Waals surface area contributed by atoms with E-state index in [9.17, 15) is 0 Å². The summed E-state index contributed by atoms with van der Waals surface area (Å²) in [4.78, 5) is 0. The lowest BCUT2D eigenvalue weighted by molar-refractivity contribution is 0.396. The van der Waals surface area contributed by atoms with Gasteiger partial charge in [-0.2, -0.15) is 0 Å². The van der Waals surface area contributed by atoms with E-state index in [0.29, 0.717) is 12.1 Å². The number of hydrogen-bond donors (Lipinski definition) is 1. The van der Waals surface area contributed by atoms with Gasteiger partial charge in [0.2, 0.25) is 0 Å². The molecule has 0 aliphatic carbocycles. The summed E-state index contributed by atoms with van der Waals surface area (Å²) in [5.74, 6) is 0. The first kappa shape index (κ1) is 16.2. The molecule has 2 atom stereocenters. The maximum atomic E-state index is 3.82. The molecule has 1 aromatic carbocycles. The Labute approximate surface area is 119 Å². The topological polar surface area (TPSA) is 12.0 Å². The van der Waals surface area contributed by atoms with Gasteiger partial charge in [0.15, 0.2) is 0 Å². The van der Waals surface area contributed by atoms with E-state index in [0.717, 1.165) is 0 Å². The summed E-state index contributed by atoms with van der Waals surface area (Å²) in [6.07, 6.45) is 6.48. The van der Waals surface area contributed by atoms with Crippen molar-refractivity contribution in [2.75, 3.05) is 0 Å². The number of hydrogen-bond acceptors (Lipinski definition) is 1. The molecule has 1 N–H and O–H groups in total. The predicted molar refractivity (Wildman–Crippen MR) is 85.7 cm³/mol. The highest BCUT2D eigenvalue weighted by molar-refractivity contribution is 5.30. The summed E-state index contributed by atoms with van der Waals surface area (Å²) < 4.78 is 0. The Morgan fingerprint density at radius 1 is 0.947 bits per heavy atom. The lowest BCUT2D eigenvalue weighted by Crippen LogP contribution is -2.31. The van der Waals surface area contributed by atoms with Crippen molar-refractivity contribution in [3.8, 4) is 0 Å². The molecule has 1 heteroatoms. The van der Waals surface area contributed by atoms with E-state index < -0.39 is 0 Å². The standard InChI is InChI=1S/C18H31N/c1-6-8-10-18(9-7-2)19-16(5)17-12-14(3)11-15(4)13-17/h11-13,16,18-19H,6-10H2,1-5H3. The fraction of sp³-hybridized carbons (Fsp3) is 0.667. The average molecular weight is 261 g/mol. The fourth-order valence-corrected chi connectivity index (χ4v) is 2.82. The average Bonchev–Trinajstić information content (AvgIpc) is 2.35. The van der Waals surface area contributed by atoms with Gasteiger partial charge in [0.05, 0.1) is 0 Å². The molecule has 0 aromatic heterocycles. The largest absolute Gasteiger partial charge is 0.307 e. The molecule has 0 saturated carbocycles. The van der Waals surface area contributed by atoms with Gasteiger partial charge in [-0.05, 0) is 39.2 Å². The van der Waals surface area contributed by atoms with Gasteiger partial charge in [0.25, 0.3) is 0 Å². The molecule has 0 radical (unpaired) electrons. The van der Waals surface area contributed by atoms with E-state index in [-0.39, 0.29) is 0 Å². The summed E-state index contributed by atoms with van der Waals surface area (Å²) in [5, 5.41) is 3.82. The van der Waals surface area contributed by atoms with E-state index in [2.05, 4.69) is 58.1 Å². The molecule has 0 saturated heterocycles. The number of aryl methyl sites for hydroxylation is 2. The van der Waals surface area contributed by atoms with Crippen LogP contribution in [0.3, 0.4) is 0 Å². The van der Waals surface area contributed by atoms with Crippen molar-refractivity contribution in [2.45, 2.75) is 78.8 Å². The SMILES string of the molecule is CCCCC(CCC)NC(C)c1cc(C)cc(C)c1. The minimum atomic E-state index is 0.451. The molecule has 0 fully saturated rings. The number of nitrogens with one attached hydrogen (secondary N) is 1. The Morgan fingerprint density at radius 2 is 1.58 bits per heavy atom. The minimum absolute atomic E-state index is 0.451. The summed E-state index contributed by atoms with van der Waals surface area (Å²) in [6, 6.07) is 7.99. The van der Waals surface area contributed by atoms with Crippen molar-refractivity contribution in [1.29, 1.82) is 0 Å². The first-order valence-electron chi connectivity index (χ1n) is 7.91. The van der Waals surface area contributed by atoms with E-state index in [1.54, 1.807) is 0 Å². The quantitative estimate of drug-likeness (QED) is 0.668. The second-order valence-corrected chi connectivity index (χ2v) is 5.94. The first-order valence-corrected chi connectivity index (χ1v) is 7.91. The highest BCUT2D eigenvalue weighted by Gasteiger charge is 2.12. The van der Waals surface area contributed by atoms with Gasteiger partial charge < -0.3 is 5.32 Å². The van der Waals surface area contributed by atoms with Crippen molar-refractivity contribution in [3.63, 3.8) is 0 Å². The Hall–Kier alpha value is -0.820. The molecule has 1 rings (SSSR count). The molecule has 0 spiro atoms. The van der Waals surface area contributed by atoms with Crippen LogP contribution in [-0.4, -0.2) is 6.04 Å². The number of benzene rings is 1. The Balaban J connectivity index is 2.66. The minimum Gasteiger partial charge on any atom is -0.307 e. The van der Waals surface area contributed by atoms with Crippen molar-refractivity contribution in [1.82, 2.24) is 5.32 Å². The van der Waals surface area contributed by atoms with Gasteiger partial charge in [-0.1, -0.05) is 62.4 Å². The third-order valence-electron chi connectivity index (χ3n) is 3.77. The summed E-state index contributed by atoms with van der Waals surface area (Å²) in [6.45, 7) is 11.2. The maximum absolute atomic E-state index is 3.82. The molecule has 108 valence electrons. The van der Waals surface area contributed by atoms with E-state index >= 15 is 0 Å². The van der Waals surface area contributed by atoms with Gasteiger partial charge in [0, 0.05) is 12.1 Å². The van der Waals surface area contributed by atoms with Crippen molar-refractivity contribution in [2.24, 2.45) is 0 Å². The van der Waals surface area contributed by atoms with Crippen LogP contribution in [0, 0.1) is 13.8 Å². The van der Waals surface area contributed by atoms with Gasteiger partial charge in [-0.15, -0.1) is 0 Å². The zero-order valence-electron chi connectivity index (χ0n) is 13.4. The van der Waals surface area contributed by atoms with Gasteiger partial charge in [-0.25, -0.2) is 0 Å². The second-order valence-electron chi connectivity index (χ2n) is 5.94. The van der Waals surface area contributed by atoms with Crippen molar-refractivity contribution in [3.05, 3.63) is 34.9 Å². The Morgan fingerprint density at radius 3 is 2.11 bits per heavy atom. The predicted octanol–water partition coefficient (Wildman–Crippen LogP) is 5.31. The van der Waals surface area contributed by atoms with Crippen LogP contribution in [0.2, 0.25) is 0 Å². The van der Waals surface area contributed by atoms with Crippen LogP contribution in [0.5, 0.6) is 0 Å². The summed E-state index contributed by atoms with van der Waals surface area (Å²) in [5.41, 5.74) is 4.16. The van der Waals surface area contributed by atoms with Gasteiger partial charge >= 0.3 is 0 Å². The third-order valence-corrected chi connectivity index (χ3v) is 3.77. The molecule has 0 bridgehead atoms. The maximum Gasteiger partial charge on any atom is 0.0294 e. The van der Waals surface area contributed by atoms with Gasteiger partial charge in [0.1, 0.15) is 0 Å². The molecule has 1 aromatic rings. The fourth-order valence-electron chi connectivity index (χ4n) is 2.82. The molecule has 0 heterocycles. The van der Waals surface area contributed by atoms with Crippen LogP contribution < -0.4 is 5.32 Å². The van der Waals surface area contributed by atoms with Crippen molar-refractivity contribution < 1.29 is 0 Å². The zero-order chi connectivity index (χ0) is 14.3. The number of rotatable bonds is 8. The third kappa shape index (κ3) is 5.78. The first-order chi connectivity index (χ1) is 9.06. The Bertz CT molecular complexity index is 350. The van der Waals surface area contributed by atoms with E-state index in [1.165, 1.54) is 48.8 Å². The second kappa shape index (κ2) is 8.37. The van der Waals surface area contributed by atoms with Crippen LogP contribution >= 0.6 is 0 Å². The summed E-state index contributed by atoms with van der Waals surface area (Å²) >= 11 is 0. The van der Waals surface area contributed by atoms with E-state index in [4.69, 9.17) is 0 Å². The zero-order valence-corrected chi connectivity index (χ0v) is 13.4. The van der Waals surface area contributed by atoms with Gasteiger partial charge in [-0.3, -0.25) is 0 Å². The molecular weight excluding hydrogens is 230 g/mol. The van der Waals surface area contributed by atoms with Crippen LogP contribution in [0.1, 0.15) is 75.6 Å². The molecule has 0 amide bonds. The van der Waals surface area contributed by atoms with E-state index in [1.807, 2.05) is 0 Å².